The van der Waals surface area contributed by atoms with E-state index in [4.69, 9.17) is 0 Å². The highest BCUT2D eigenvalue weighted by atomic mass is 79.9. The lowest BCUT2D eigenvalue weighted by Gasteiger charge is -2.16. The Kier molecular flexibility index (Phi) is 4.58. The van der Waals surface area contributed by atoms with Crippen molar-refractivity contribution in [1.29, 1.82) is 0 Å². The molecule has 0 amide bonds. The Morgan fingerprint density at radius 2 is 1.86 bits per heavy atom. The third kappa shape index (κ3) is 3.78. The van der Waals surface area contributed by atoms with Gasteiger partial charge in [-0.3, -0.25) is 0 Å². The van der Waals surface area contributed by atoms with E-state index in [1.165, 1.54) is 5.56 Å². The number of nitrogens with one attached hydrogen (secondary N) is 1. The zero-order valence-corrected chi connectivity index (χ0v) is 10.1. The van der Waals surface area contributed by atoms with Crippen LogP contribution in [0.25, 0.3) is 0 Å². The molecule has 0 aliphatic heterocycles. The van der Waals surface area contributed by atoms with Crippen LogP contribution in [0.2, 0.25) is 0 Å². The molecule has 0 bridgehead atoms. The van der Waals surface area contributed by atoms with Gasteiger partial charge in [-0.25, -0.2) is 0 Å². The normalized spacial score (nSPS) is 15.1. The Morgan fingerprint density at radius 1 is 1.29 bits per heavy atom. The Hall–Kier alpha value is -0.380. The van der Waals surface area contributed by atoms with E-state index < -0.39 is 0 Å². The van der Waals surface area contributed by atoms with Crippen molar-refractivity contribution in [1.82, 2.24) is 5.32 Å². The molecule has 0 heterocycles. The minimum absolute atomic E-state index is 0.124. The lowest BCUT2D eigenvalue weighted by Crippen LogP contribution is -2.34. The monoisotopic (exact) mass is 257 g/mol. The van der Waals surface area contributed by atoms with Gasteiger partial charge in [0.25, 0.3) is 0 Å². The van der Waals surface area contributed by atoms with E-state index in [1.807, 2.05) is 19.1 Å². The van der Waals surface area contributed by atoms with E-state index in [2.05, 4.69) is 33.4 Å². The predicted molar refractivity (Wildman–Crippen MR) is 62.1 cm³/mol. The Labute approximate surface area is 93.5 Å². The highest BCUT2D eigenvalue weighted by Crippen LogP contribution is 2.10. The molecule has 0 saturated carbocycles. The van der Waals surface area contributed by atoms with Gasteiger partial charge in [-0.05, 0) is 31.5 Å². The molecule has 0 fully saturated rings. The standard InChI is InChI=1S/C11H16BrNO/c1-8(9(2)14)13-7-10-3-5-11(12)6-4-10/h3-6,8-9,13-14H,7H2,1-2H3. The van der Waals surface area contributed by atoms with E-state index in [0.29, 0.717) is 0 Å². The van der Waals surface area contributed by atoms with Gasteiger partial charge >= 0.3 is 0 Å². The molecule has 2 N–H and O–H groups in total. The summed E-state index contributed by atoms with van der Waals surface area (Å²) in [5.74, 6) is 0. The average Bonchev–Trinajstić information content (AvgIpc) is 2.16. The van der Waals surface area contributed by atoms with Gasteiger partial charge in [0.2, 0.25) is 0 Å². The largest absolute Gasteiger partial charge is 0.392 e. The molecule has 2 nitrogen and oxygen atoms in total. The highest BCUT2D eigenvalue weighted by Gasteiger charge is 2.06. The Bertz CT molecular complexity index is 271. The van der Waals surface area contributed by atoms with E-state index in [1.54, 1.807) is 6.92 Å². The second-order valence-electron chi connectivity index (χ2n) is 3.54. The molecule has 14 heavy (non-hydrogen) atoms. The number of hydrogen-bond acceptors (Lipinski definition) is 2. The van der Waals surface area contributed by atoms with E-state index in [9.17, 15) is 5.11 Å². The first-order valence-corrected chi connectivity index (χ1v) is 5.55. The van der Waals surface area contributed by atoms with Crippen LogP contribution in [0.15, 0.2) is 28.7 Å². The van der Waals surface area contributed by atoms with Crippen molar-refractivity contribution >= 4 is 15.9 Å². The van der Waals surface area contributed by atoms with Gasteiger partial charge in [-0.1, -0.05) is 28.1 Å². The summed E-state index contributed by atoms with van der Waals surface area (Å²) in [5.41, 5.74) is 1.22. The van der Waals surface area contributed by atoms with E-state index in [0.717, 1.165) is 11.0 Å². The smallest absolute Gasteiger partial charge is 0.0662 e. The quantitative estimate of drug-likeness (QED) is 0.868. The van der Waals surface area contributed by atoms with Crippen molar-refractivity contribution in [3.63, 3.8) is 0 Å². The maximum absolute atomic E-state index is 9.27. The number of aliphatic hydroxyl groups excluding tert-OH is 1. The van der Waals surface area contributed by atoms with Gasteiger partial charge in [0.15, 0.2) is 0 Å². The molecule has 1 aromatic rings. The summed E-state index contributed by atoms with van der Waals surface area (Å²) in [4.78, 5) is 0. The first-order chi connectivity index (χ1) is 6.59. The van der Waals surface area contributed by atoms with Gasteiger partial charge in [0.1, 0.15) is 0 Å². The topological polar surface area (TPSA) is 32.3 Å². The fraction of sp³-hybridized carbons (Fsp3) is 0.455. The summed E-state index contributed by atoms with van der Waals surface area (Å²) in [6.45, 7) is 4.56. The first-order valence-electron chi connectivity index (χ1n) is 4.75. The molecule has 0 spiro atoms. The summed E-state index contributed by atoms with van der Waals surface area (Å²) < 4.78 is 1.09. The second-order valence-corrected chi connectivity index (χ2v) is 4.45. The molecular formula is C11H16BrNO. The minimum atomic E-state index is -0.314. The summed E-state index contributed by atoms with van der Waals surface area (Å²) in [6.07, 6.45) is -0.314. The van der Waals surface area contributed by atoms with Crippen LogP contribution in [0.4, 0.5) is 0 Å². The third-order valence-corrected chi connectivity index (χ3v) is 2.79. The molecule has 0 saturated heterocycles. The lowest BCUT2D eigenvalue weighted by molar-refractivity contribution is 0.152. The van der Waals surface area contributed by atoms with Gasteiger partial charge in [-0.15, -0.1) is 0 Å². The minimum Gasteiger partial charge on any atom is -0.392 e. The predicted octanol–water partition coefficient (Wildman–Crippen LogP) is 2.31. The van der Waals surface area contributed by atoms with Gasteiger partial charge in [-0.2, -0.15) is 0 Å². The first kappa shape index (κ1) is 11.7. The fourth-order valence-corrected chi connectivity index (χ4v) is 1.32. The molecule has 3 heteroatoms. The van der Waals surface area contributed by atoms with Crippen LogP contribution in [-0.2, 0) is 6.54 Å². The molecule has 2 atom stereocenters. The Balaban J connectivity index is 2.42. The third-order valence-electron chi connectivity index (χ3n) is 2.27. The Morgan fingerprint density at radius 3 is 2.36 bits per heavy atom. The molecule has 78 valence electrons. The molecule has 0 aromatic heterocycles. The summed E-state index contributed by atoms with van der Waals surface area (Å²) >= 11 is 3.39. The van der Waals surface area contributed by atoms with Crippen LogP contribution in [-0.4, -0.2) is 17.3 Å². The van der Waals surface area contributed by atoms with Crippen LogP contribution in [0.3, 0.4) is 0 Å². The fourth-order valence-electron chi connectivity index (χ4n) is 1.05. The molecule has 0 aliphatic carbocycles. The van der Waals surface area contributed by atoms with Crippen molar-refractivity contribution in [3.8, 4) is 0 Å². The maximum Gasteiger partial charge on any atom is 0.0662 e. The maximum atomic E-state index is 9.27. The summed E-state index contributed by atoms with van der Waals surface area (Å²) in [6, 6.07) is 8.28. The van der Waals surface area contributed by atoms with E-state index >= 15 is 0 Å². The number of aliphatic hydroxyl groups is 1. The highest BCUT2D eigenvalue weighted by molar-refractivity contribution is 9.10. The molecule has 0 aliphatic rings. The molecule has 0 radical (unpaired) electrons. The number of hydrogen-bond donors (Lipinski definition) is 2. The number of halogens is 1. The molecule has 1 rings (SSSR count). The second kappa shape index (κ2) is 5.49. The number of rotatable bonds is 4. The van der Waals surface area contributed by atoms with Crippen LogP contribution in [0.5, 0.6) is 0 Å². The molecule has 1 aromatic carbocycles. The lowest BCUT2D eigenvalue weighted by atomic mass is 10.2. The van der Waals surface area contributed by atoms with Gasteiger partial charge < -0.3 is 10.4 Å². The SMILES string of the molecule is CC(O)C(C)NCc1ccc(Br)cc1. The summed E-state index contributed by atoms with van der Waals surface area (Å²) in [5, 5.41) is 12.5. The van der Waals surface area contributed by atoms with Crippen molar-refractivity contribution in [2.45, 2.75) is 32.5 Å². The van der Waals surface area contributed by atoms with Crippen molar-refractivity contribution < 1.29 is 5.11 Å². The van der Waals surface area contributed by atoms with Crippen LogP contribution < -0.4 is 5.32 Å². The summed E-state index contributed by atoms with van der Waals surface area (Å²) in [7, 11) is 0. The van der Waals surface area contributed by atoms with E-state index in [-0.39, 0.29) is 12.1 Å². The molecular weight excluding hydrogens is 242 g/mol. The number of benzene rings is 1. The van der Waals surface area contributed by atoms with Crippen LogP contribution in [0, 0.1) is 0 Å². The average molecular weight is 258 g/mol. The van der Waals surface area contributed by atoms with Crippen molar-refractivity contribution in [2.24, 2.45) is 0 Å². The van der Waals surface area contributed by atoms with Crippen molar-refractivity contribution in [2.75, 3.05) is 0 Å². The van der Waals surface area contributed by atoms with Gasteiger partial charge in [0.05, 0.1) is 6.10 Å². The van der Waals surface area contributed by atoms with Crippen LogP contribution in [0.1, 0.15) is 19.4 Å². The van der Waals surface area contributed by atoms with Gasteiger partial charge in [0, 0.05) is 17.1 Å². The molecule has 2 unspecified atom stereocenters. The zero-order chi connectivity index (χ0) is 10.6. The van der Waals surface area contributed by atoms with Crippen molar-refractivity contribution in [3.05, 3.63) is 34.3 Å². The zero-order valence-electron chi connectivity index (χ0n) is 8.50. The van der Waals surface area contributed by atoms with Crippen LogP contribution >= 0.6 is 15.9 Å².